The summed E-state index contributed by atoms with van der Waals surface area (Å²) in [6.07, 6.45) is 7.79. The fourth-order valence-corrected chi connectivity index (χ4v) is 3.16. The highest BCUT2D eigenvalue weighted by molar-refractivity contribution is 5.87. The number of ether oxygens (including phenoxy) is 1. The van der Waals surface area contributed by atoms with E-state index in [9.17, 15) is 10.4 Å². The lowest BCUT2D eigenvalue weighted by Gasteiger charge is -2.28. The fraction of sp³-hybridized carbons (Fsp3) is 0.389. The van der Waals surface area contributed by atoms with Crippen LogP contribution in [0.25, 0.3) is 10.9 Å². The fourth-order valence-electron chi connectivity index (χ4n) is 3.16. The van der Waals surface area contributed by atoms with Gasteiger partial charge < -0.3 is 14.4 Å². The minimum Gasteiger partial charge on any atom is -0.491 e. The molecule has 1 N–H and O–H groups in total. The van der Waals surface area contributed by atoms with Crippen LogP contribution in [-0.4, -0.2) is 37.1 Å². The number of aliphatic hydroxyl groups is 1. The number of aliphatic hydroxyl groups excluding tert-OH is 1. The van der Waals surface area contributed by atoms with Crippen LogP contribution >= 0.6 is 0 Å². The lowest BCUT2D eigenvalue weighted by atomic mass is 9.93. The van der Waals surface area contributed by atoms with Gasteiger partial charge in [-0.15, -0.1) is 0 Å². The number of nitrogens with zero attached hydrogens (tertiary/aromatic N) is 5. The van der Waals surface area contributed by atoms with Gasteiger partial charge in [0, 0.05) is 23.7 Å². The molecule has 1 fully saturated rings. The van der Waals surface area contributed by atoms with Crippen molar-refractivity contribution in [1.82, 2.24) is 19.3 Å². The number of hydrogen-bond donors (Lipinski definition) is 1. The topological polar surface area (TPSA) is 88.9 Å². The van der Waals surface area contributed by atoms with Crippen molar-refractivity contribution >= 4 is 10.9 Å². The number of benzene rings is 1. The highest BCUT2D eigenvalue weighted by Gasteiger charge is 2.22. The zero-order valence-electron chi connectivity index (χ0n) is 13.7. The molecule has 2 aromatic heterocycles. The molecule has 3 aromatic rings. The Labute approximate surface area is 145 Å². The van der Waals surface area contributed by atoms with Crippen molar-refractivity contribution in [3.8, 4) is 11.8 Å². The SMILES string of the molecule is N#Cc1cn(C2CCC2)c2cc(OCC(O)Cn3cncn3)ccc12. The van der Waals surface area contributed by atoms with Crippen molar-refractivity contribution in [3.63, 3.8) is 0 Å². The summed E-state index contributed by atoms with van der Waals surface area (Å²) in [6.45, 7) is 0.500. The molecular formula is C18H19N5O2. The molecule has 0 saturated heterocycles. The van der Waals surface area contributed by atoms with Crippen LogP contribution in [-0.2, 0) is 6.54 Å². The quantitative estimate of drug-likeness (QED) is 0.745. The number of hydrogen-bond acceptors (Lipinski definition) is 5. The van der Waals surface area contributed by atoms with Gasteiger partial charge in [0.1, 0.15) is 37.2 Å². The first kappa shape index (κ1) is 15.7. The Balaban J connectivity index is 1.51. The van der Waals surface area contributed by atoms with E-state index >= 15 is 0 Å². The van der Waals surface area contributed by atoms with Gasteiger partial charge in [-0.1, -0.05) is 0 Å². The average Bonchev–Trinajstić information content (AvgIpc) is 3.19. The summed E-state index contributed by atoms with van der Waals surface area (Å²) in [5.41, 5.74) is 1.71. The van der Waals surface area contributed by atoms with Crippen LogP contribution in [0.1, 0.15) is 30.9 Å². The van der Waals surface area contributed by atoms with Crippen LogP contribution in [0.3, 0.4) is 0 Å². The predicted molar refractivity (Wildman–Crippen MR) is 91.1 cm³/mol. The number of aromatic nitrogens is 4. The molecule has 0 amide bonds. The molecule has 1 aromatic carbocycles. The van der Waals surface area contributed by atoms with E-state index in [0.717, 1.165) is 23.7 Å². The van der Waals surface area contributed by atoms with Crippen molar-refractivity contribution in [2.45, 2.75) is 38.0 Å². The minimum atomic E-state index is -0.675. The van der Waals surface area contributed by atoms with E-state index in [1.165, 1.54) is 12.7 Å². The molecule has 1 atom stereocenters. The Hall–Kier alpha value is -2.85. The first-order valence-electron chi connectivity index (χ1n) is 8.42. The third kappa shape index (κ3) is 3.08. The van der Waals surface area contributed by atoms with E-state index in [-0.39, 0.29) is 6.61 Å². The van der Waals surface area contributed by atoms with Crippen molar-refractivity contribution in [3.05, 3.63) is 42.6 Å². The van der Waals surface area contributed by atoms with Crippen LogP contribution in [0, 0.1) is 11.3 Å². The Morgan fingerprint density at radius 2 is 2.28 bits per heavy atom. The van der Waals surface area contributed by atoms with E-state index in [4.69, 9.17) is 4.74 Å². The van der Waals surface area contributed by atoms with Crippen molar-refractivity contribution in [1.29, 1.82) is 5.26 Å². The lowest BCUT2D eigenvalue weighted by Crippen LogP contribution is -2.23. The molecule has 1 saturated carbocycles. The van der Waals surface area contributed by atoms with Crippen LogP contribution in [0.15, 0.2) is 37.1 Å². The monoisotopic (exact) mass is 337 g/mol. The molecule has 1 aliphatic rings. The minimum absolute atomic E-state index is 0.167. The maximum atomic E-state index is 10.1. The van der Waals surface area contributed by atoms with E-state index in [1.807, 2.05) is 24.4 Å². The van der Waals surface area contributed by atoms with Crippen molar-refractivity contribution in [2.24, 2.45) is 0 Å². The number of rotatable bonds is 6. The normalized spacial score (nSPS) is 15.7. The molecule has 4 rings (SSSR count). The largest absolute Gasteiger partial charge is 0.491 e. The Morgan fingerprint density at radius 1 is 1.40 bits per heavy atom. The first-order valence-corrected chi connectivity index (χ1v) is 8.42. The number of nitriles is 1. The van der Waals surface area contributed by atoms with Crippen LogP contribution < -0.4 is 4.74 Å². The molecule has 0 aliphatic heterocycles. The molecule has 1 aliphatic carbocycles. The van der Waals surface area contributed by atoms with Gasteiger partial charge in [-0.25, -0.2) is 4.98 Å². The first-order chi connectivity index (χ1) is 12.2. The van der Waals surface area contributed by atoms with Gasteiger partial charge in [0.2, 0.25) is 0 Å². The smallest absolute Gasteiger partial charge is 0.137 e. The van der Waals surface area contributed by atoms with Crippen molar-refractivity contribution < 1.29 is 9.84 Å². The van der Waals surface area contributed by atoms with E-state index in [1.54, 1.807) is 11.0 Å². The van der Waals surface area contributed by atoms with Crippen LogP contribution in [0.2, 0.25) is 0 Å². The molecule has 0 spiro atoms. The molecule has 0 bridgehead atoms. The molecule has 128 valence electrons. The van der Waals surface area contributed by atoms with Gasteiger partial charge in [0.15, 0.2) is 0 Å². The highest BCUT2D eigenvalue weighted by atomic mass is 16.5. The summed E-state index contributed by atoms with van der Waals surface area (Å²) < 4.78 is 9.50. The summed E-state index contributed by atoms with van der Waals surface area (Å²) in [6, 6.07) is 8.46. The van der Waals surface area contributed by atoms with E-state index < -0.39 is 6.10 Å². The summed E-state index contributed by atoms with van der Waals surface area (Å²) >= 11 is 0. The highest BCUT2D eigenvalue weighted by Crippen LogP contribution is 2.37. The standard InChI is InChI=1S/C18H19N5O2/c19-7-13-8-23(14-2-1-3-14)18-6-16(4-5-17(13)18)25-10-15(24)9-22-12-20-11-21-22/h4-6,8,11-12,14-15,24H,1-3,9-10H2. The molecule has 0 radical (unpaired) electrons. The van der Waals surface area contributed by atoms with Gasteiger partial charge in [-0.3, -0.25) is 4.68 Å². The van der Waals surface area contributed by atoms with Gasteiger partial charge >= 0.3 is 0 Å². The summed E-state index contributed by atoms with van der Waals surface area (Å²) in [5, 5.41) is 24.3. The maximum absolute atomic E-state index is 10.1. The molecule has 7 nitrogen and oxygen atoms in total. The van der Waals surface area contributed by atoms with Crippen LogP contribution in [0.5, 0.6) is 5.75 Å². The lowest BCUT2D eigenvalue weighted by molar-refractivity contribution is 0.0893. The molecule has 7 heteroatoms. The molecular weight excluding hydrogens is 318 g/mol. The Bertz CT molecular complexity index is 906. The third-order valence-electron chi connectivity index (χ3n) is 4.70. The number of fused-ring (bicyclic) bond motifs is 1. The maximum Gasteiger partial charge on any atom is 0.137 e. The van der Waals surface area contributed by atoms with Gasteiger partial charge in [0.25, 0.3) is 0 Å². The second-order valence-electron chi connectivity index (χ2n) is 6.41. The zero-order valence-corrected chi connectivity index (χ0v) is 13.7. The van der Waals surface area contributed by atoms with Gasteiger partial charge in [0.05, 0.1) is 17.6 Å². The van der Waals surface area contributed by atoms with Gasteiger partial charge in [-0.2, -0.15) is 10.4 Å². The third-order valence-corrected chi connectivity index (χ3v) is 4.70. The van der Waals surface area contributed by atoms with E-state index in [2.05, 4.69) is 20.7 Å². The zero-order chi connectivity index (χ0) is 17.2. The molecule has 25 heavy (non-hydrogen) atoms. The molecule has 1 unspecified atom stereocenters. The summed E-state index contributed by atoms with van der Waals surface area (Å²) in [4.78, 5) is 3.85. The second-order valence-corrected chi connectivity index (χ2v) is 6.41. The summed E-state index contributed by atoms with van der Waals surface area (Å²) in [7, 11) is 0. The van der Waals surface area contributed by atoms with E-state index in [0.29, 0.717) is 23.9 Å². The Morgan fingerprint density at radius 3 is 2.96 bits per heavy atom. The molecule has 2 heterocycles. The van der Waals surface area contributed by atoms with Gasteiger partial charge in [-0.05, 0) is 31.4 Å². The predicted octanol–water partition coefficient (Wildman–Crippen LogP) is 2.27. The van der Waals surface area contributed by atoms with Crippen molar-refractivity contribution in [2.75, 3.05) is 6.61 Å². The van der Waals surface area contributed by atoms with Crippen LogP contribution in [0.4, 0.5) is 0 Å². The second kappa shape index (κ2) is 6.57. The Kier molecular flexibility index (Phi) is 4.12. The average molecular weight is 337 g/mol. The summed E-state index contributed by atoms with van der Waals surface area (Å²) in [5.74, 6) is 0.688.